The van der Waals surface area contributed by atoms with Gasteiger partial charge in [0.1, 0.15) is 11.5 Å². The van der Waals surface area contributed by atoms with Gasteiger partial charge >= 0.3 is 6.61 Å². The van der Waals surface area contributed by atoms with Gasteiger partial charge in [0.25, 0.3) is 0 Å². The molecular formula is C26H35F2N3O4S. The van der Waals surface area contributed by atoms with Crippen molar-refractivity contribution >= 4 is 10.0 Å². The summed E-state index contributed by atoms with van der Waals surface area (Å²) in [5, 5.41) is 0. The number of likely N-dealkylation sites (tertiary alicyclic amines) is 2. The molecular weight excluding hydrogens is 488 g/mol. The maximum atomic E-state index is 13.8. The van der Waals surface area contributed by atoms with Gasteiger partial charge in [-0.25, -0.2) is 8.42 Å². The van der Waals surface area contributed by atoms with Gasteiger partial charge in [0, 0.05) is 50.4 Å². The lowest BCUT2D eigenvalue weighted by atomic mass is 10.0. The number of nitrogens with zero attached hydrogens (tertiary/aromatic N) is 3. The highest BCUT2D eigenvalue weighted by Crippen LogP contribution is 2.28. The minimum absolute atomic E-state index is 0.132. The first-order chi connectivity index (χ1) is 17.4. The highest BCUT2D eigenvalue weighted by molar-refractivity contribution is 7.89. The molecule has 0 N–H and O–H groups in total. The molecule has 2 aliphatic heterocycles. The van der Waals surface area contributed by atoms with Crippen molar-refractivity contribution in [1.29, 1.82) is 0 Å². The fraction of sp³-hybridized carbons (Fsp3) is 0.538. The molecule has 7 nitrogen and oxygen atoms in total. The van der Waals surface area contributed by atoms with Crippen molar-refractivity contribution in [3.8, 4) is 11.5 Å². The zero-order valence-corrected chi connectivity index (χ0v) is 21.5. The van der Waals surface area contributed by atoms with Crippen LogP contribution in [0.5, 0.6) is 11.5 Å². The molecule has 36 heavy (non-hydrogen) atoms. The van der Waals surface area contributed by atoms with Crippen LogP contribution in [0.15, 0.2) is 53.4 Å². The quantitative estimate of drug-likeness (QED) is 0.443. The summed E-state index contributed by atoms with van der Waals surface area (Å²) in [6.07, 6.45) is 3.64. The van der Waals surface area contributed by atoms with E-state index in [0.717, 1.165) is 25.9 Å². The number of rotatable bonds is 11. The van der Waals surface area contributed by atoms with Gasteiger partial charge in [-0.05, 0) is 57.0 Å². The maximum absolute atomic E-state index is 13.8. The van der Waals surface area contributed by atoms with Crippen molar-refractivity contribution < 1.29 is 26.7 Å². The van der Waals surface area contributed by atoms with Crippen molar-refractivity contribution in [2.24, 2.45) is 0 Å². The van der Waals surface area contributed by atoms with Crippen molar-refractivity contribution in [2.45, 2.75) is 49.8 Å². The van der Waals surface area contributed by atoms with Crippen LogP contribution in [0.3, 0.4) is 0 Å². The molecule has 0 saturated carbocycles. The summed E-state index contributed by atoms with van der Waals surface area (Å²) in [7, 11) is -2.19. The monoisotopic (exact) mass is 523 g/mol. The summed E-state index contributed by atoms with van der Waals surface area (Å²) in [5.74, 6) is 0.692. The molecule has 2 heterocycles. The van der Waals surface area contributed by atoms with Gasteiger partial charge in [-0.2, -0.15) is 13.1 Å². The second-order valence-electron chi connectivity index (χ2n) is 9.34. The fourth-order valence-corrected chi connectivity index (χ4v) is 6.81. The number of alkyl halides is 2. The molecule has 0 spiro atoms. The number of hydrogen-bond donors (Lipinski definition) is 0. The first kappa shape index (κ1) is 26.8. The number of benzene rings is 2. The van der Waals surface area contributed by atoms with Crippen LogP contribution in [0.25, 0.3) is 0 Å². The molecule has 0 atom stereocenters. The lowest BCUT2D eigenvalue weighted by Crippen LogP contribution is -2.49. The van der Waals surface area contributed by atoms with Crippen molar-refractivity contribution in [1.82, 2.24) is 14.1 Å². The number of methoxy groups -OCH3 is 1. The Kier molecular flexibility index (Phi) is 9.16. The molecule has 0 bridgehead atoms. The van der Waals surface area contributed by atoms with E-state index in [-0.39, 0.29) is 16.7 Å². The Bertz CT molecular complexity index is 1090. The lowest BCUT2D eigenvalue weighted by Gasteiger charge is -2.38. The van der Waals surface area contributed by atoms with Gasteiger partial charge < -0.3 is 14.4 Å². The third-order valence-corrected chi connectivity index (χ3v) is 8.98. The van der Waals surface area contributed by atoms with Crippen LogP contribution in [0.4, 0.5) is 8.78 Å². The van der Waals surface area contributed by atoms with Crippen LogP contribution in [0.2, 0.25) is 0 Å². The molecule has 10 heteroatoms. The van der Waals surface area contributed by atoms with Crippen LogP contribution >= 0.6 is 0 Å². The summed E-state index contributed by atoms with van der Waals surface area (Å²) in [6.45, 7) is 2.10. The number of hydrogen-bond acceptors (Lipinski definition) is 6. The highest BCUT2D eigenvalue weighted by Gasteiger charge is 2.34. The molecule has 2 aromatic rings. The average Bonchev–Trinajstić information content (AvgIpc) is 3.39. The Hall–Kier alpha value is -2.27. The zero-order chi connectivity index (χ0) is 25.5. The van der Waals surface area contributed by atoms with E-state index in [4.69, 9.17) is 4.74 Å². The number of ether oxygens (including phenoxy) is 2. The Morgan fingerprint density at radius 3 is 2.42 bits per heavy atom. The van der Waals surface area contributed by atoms with E-state index < -0.39 is 16.6 Å². The number of halogens is 2. The number of para-hydroxylation sites is 1. The summed E-state index contributed by atoms with van der Waals surface area (Å²) >= 11 is 0. The smallest absolute Gasteiger partial charge is 0.387 e. The first-order valence-electron chi connectivity index (χ1n) is 12.5. The Morgan fingerprint density at radius 2 is 1.72 bits per heavy atom. The lowest BCUT2D eigenvalue weighted by molar-refractivity contribution is -0.0508. The molecule has 0 radical (unpaired) electrons. The molecule has 2 aliphatic rings. The molecule has 0 aliphatic carbocycles. The first-order valence-corrected chi connectivity index (χ1v) is 13.9. The molecule has 2 saturated heterocycles. The molecule has 0 amide bonds. The van der Waals surface area contributed by atoms with Crippen molar-refractivity contribution in [3.63, 3.8) is 0 Å². The summed E-state index contributed by atoms with van der Waals surface area (Å²) < 4.78 is 64.8. The van der Waals surface area contributed by atoms with Gasteiger partial charge in [-0.15, -0.1) is 0 Å². The maximum Gasteiger partial charge on any atom is 0.387 e. The van der Waals surface area contributed by atoms with E-state index in [1.807, 2.05) is 0 Å². The van der Waals surface area contributed by atoms with Gasteiger partial charge in [0.05, 0.1) is 12.0 Å². The van der Waals surface area contributed by atoms with E-state index in [2.05, 4.69) is 14.5 Å². The van der Waals surface area contributed by atoms with Crippen molar-refractivity contribution in [2.75, 3.05) is 46.4 Å². The third-order valence-electron chi connectivity index (χ3n) is 7.03. The Morgan fingerprint density at radius 1 is 1.00 bits per heavy atom. The van der Waals surface area contributed by atoms with Crippen LogP contribution in [-0.4, -0.2) is 81.6 Å². The van der Waals surface area contributed by atoms with Gasteiger partial charge in [-0.3, -0.25) is 4.90 Å². The average molecular weight is 524 g/mol. The molecule has 198 valence electrons. The predicted molar refractivity (Wildman–Crippen MR) is 134 cm³/mol. The topological polar surface area (TPSA) is 62.3 Å². The number of sulfonamides is 1. The van der Waals surface area contributed by atoms with E-state index >= 15 is 0 Å². The largest absolute Gasteiger partial charge is 0.497 e. The van der Waals surface area contributed by atoms with E-state index in [0.29, 0.717) is 56.9 Å². The van der Waals surface area contributed by atoms with Gasteiger partial charge in [0.2, 0.25) is 10.0 Å². The predicted octanol–water partition coefficient (Wildman–Crippen LogP) is 4.05. The molecule has 4 rings (SSSR count). The molecule has 2 fully saturated rings. The van der Waals surface area contributed by atoms with Crippen molar-refractivity contribution in [3.05, 3.63) is 54.1 Å². The second-order valence-corrected chi connectivity index (χ2v) is 11.2. The minimum Gasteiger partial charge on any atom is -0.497 e. The molecule has 0 aromatic heterocycles. The Labute approximate surface area is 212 Å². The second kappa shape index (κ2) is 12.3. The summed E-state index contributed by atoms with van der Waals surface area (Å²) in [5.41, 5.74) is 0.700. The van der Waals surface area contributed by atoms with E-state index in [1.165, 1.54) is 7.11 Å². The zero-order valence-electron chi connectivity index (χ0n) is 20.7. The Balaban J connectivity index is 1.46. The minimum atomic E-state index is -3.72. The normalized spacial score (nSPS) is 18.2. The van der Waals surface area contributed by atoms with E-state index in [9.17, 15) is 17.2 Å². The van der Waals surface area contributed by atoms with Gasteiger partial charge in [0.15, 0.2) is 0 Å². The van der Waals surface area contributed by atoms with Crippen LogP contribution in [0, 0.1) is 0 Å². The highest BCUT2D eigenvalue weighted by atomic mass is 32.2. The molecule has 0 unspecified atom stereocenters. The third kappa shape index (κ3) is 6.73. The van der Waals surface area contributed by atoms with Crippen LogP contribution in [0.1, 0.15) is 31.2 Å². The number of piperidine rings is 1. The standard InChI is InChI=1S/C26H35F2N3O4S/c1-34-23-8-6-9-24(19-23)36(32,33)31(18-17-29-13-4-5-14-29)22-11-15-30(16-12-22)20-21-7-2-3-10-25(21)35-26(27)28/h2-3,6-10,19,22,26H,4-5,11-18,20H2,1H3. The van der Waals surface area contributed by atoms with Gasteiger partial charge in [-0.1, -0.05) is 24.3 Å². The van der Waals surface area contributed by atoms with Crippen LogP contribution < -0.4 is 9.47 Å². The SMILES string of the molecule is COc1cccc(S(=O)(=O)N(CCN2CCCC2)C2CCN(Cc3ccccc3OC(F)F)CC2)c1. The fourth-order valence-electron chi connectivity index (χ4n) is 5.09. The molecule has 2 aromatic carbocycles. The summed E-state index contributed by atoms with van der Waals surface area (Å²) in [6, 6.07) is 13.3. The van der Waals surface area contributed by atoms with Crippen LogP contribution in [-0.2, 0) is 16.6 Å². The summed E-state index contributed by atoms with van der Waals surface area (Å²) in [4.78, 5) is 4.73. The van der Waals surface area contributed by atoms with E-state index in [1.54, 1.807) is 52.8 Å².